The summed E-state index contributed by atoms with van der Waals surface area (Å²) in [4.78, 5) is 16.2. The standard InChI is InChI=1S/C17H26N4O2/c1-12(19-16(22)23-17(3,4)5)10-18-11-14-13(2)20-15-8-6-7-9-21(14)15/h6-9,12,18H,10-11H2,1-5H3,(H,19,22). The molecule has 1 amide bonds. The molecule has 2 rings (SSSR count). The lowest BCUT2D eigenvalue weighted by Gasteiger charge is -2.22. The van der Waals surface area contributed by atoms with Crippen molar-refractivity contribution in [3.05, 3.63) is 35.8 Å². The van der Waals surface area contributed by atoms with Crippen LogP contribution in [0.4, 0.5) is 4.79 Å². The van der Waals surface area contributed by atoms with Gasteiger partial charge in [0.2, 0.25) is 0 Å². The highest BCUT2D eigenvalue weighted by Gasteiger charge is 2.17. The number of rotatable bonds is 5. The number of amides is 1. The molecular weight excluding hydrogens is 292 g/mol. The summed E-state index contributed by atoms with van der Waals surface area (Å²) >= 11 is 0. The fourth-order valence-corrected chi connectivity index (χ4v) is 2.34. The summed E-state index contributed by atoms with van der Waals surface area (Å²) in [6, 6.07) is 5.93. The largest absolute Gasteiger partial charge is 0.444 e. The Kier molecular flexibility index (Phi) is 5.26. The van der Waals surface area contributed by atoms with Crippen LogP contribution in [0, 0.1) is 6.92 Å². The van der Waals surface area contributed by atoms with E-state index in [0.29, 0.717) is 13.1 Å². The smallest absolute Gasteiger partial charge is 0.407 e. The van der Waals surface area contributed by atoms with Crippen LogP contribution >= 0.6 is 0 Å². The lowest BCUT2D eigenvalue weighted by Crippen LogP contribution is -2.42. The summed E-state index contributed by atoms with van der Waals surface area (Å²) in [5.41, 5.74) is 2.61. The third-order valence-corrected chi connectivity index (χ3v) is 3.34. The van der Waals surface area contributed by atoms with Crippen LogP contribution in [0.5, 0.6) is 0 Å². The predicted molar refractivity (Wildman–Crippen MR) is 90.5 cm³/mol. The Balaban J connectivity index is 1.84. The molecular formula is C17H26N4O2. The quantitative estimate of drug-likeness (QED) is 0.889. The van der Waals surface area contributed by atoms with E-state index in [1.165, 1.54) is 0 Å². The van der Waals surface area contributed by atoms with Gasteiger partial charge in [0.05, 0.1) is 11.4 Å². The van der Waals surface area contributed by atoms with E-state index in [2.05, 4.69) is 20.0 Å². The number of pyridine rings is 1. The van der Waals surface area contributed by atoms with Crippen molar-refractivity contribution in [1.29, 1.82) is 0 Å². The van der Waals surface area contributed by atoms with E-state index in [1.807, 2.05) is 59.0 Å². The van der Waals surface area contributed by atoms with E-state index >= 15 is 0 Å². The van der Waals surface area contributed by atoms with Crippen molar-refractivity contribution < 1.29 is 9.53 Å². The van der Waals surface area contributed by atoms with Crippen molar-refractivity contribution in [3.63, 3.8) is 0 Å². The van der Waals surface area contributed by atoms with Gasteiger partial charge in [0, 0.05) is 25.3 Å². The summed E-state index contributed by atoms with van der Waals surface area (Å²) < 4.78 is 7.32. The predicted octanol–water partition coefficient (Wildman–Crippen LogP) is 2.65. The van der Waals surface area contributed by atoms with Crippen LogP contribution in [0.1, 0.15) is 39.1 Å². The van der Waals surface area contributed by atoms with Crippen molar-refractivity contribution in [2.45, 2.75) is 52.8 Å². The second-order valence-electron chi connectivity index (χ2n) is 6.75. The third kappa shape index (κ3) is 4.96. The number of imidazole rings is 1. The van der Waals surface area contributed by atoms with Crippen molar-refractivity contribution >= 4 is 11.7 Å². The number of carbonyl (C=O) groups is 1. The van der Waals surface area contributed by atoms with E-state index in [-0.39, 0.29) is 6.04 Å². The number of nitrogens with zero attached hydrogens (tertiary/aromatic N) is 2. The fraction of sp³-hybridized carbons (Fsp3) is 0.529. The van der Waals surface area contributed by atoms with Gasteiger partial charge in [-0.3, -0.25) is 0 Å². The third-order valence-electron chi connectivity index (χ3n) is 3.34. The average molecular weight is 318 g/mol. The van der Waals surface area contributed by atoms with Crippen LogP contribution in [0.15, 0.2) is 24.4 Å². The average Bonchev–Trinajstić information content (AvgIpc) is 2.73. The van der Waals surface area contributed by atoms with Gasteiger partial charge in [-0.05, 0) is 46.8 Å². The van der Waals surface area contributed by atoms with Crippen LogP contribution in [-0.4, -0.2) is 33.7 Å². The Bertz CT molecular complexity index is 673. The van der Waals surface area contributed by atoms with Crippen LogP contribution in [0.3, 0.4) is 0 Å². The number of carbonyl (C=O) groups excluding carboxylic acids is 1. The lowest BCUT2D eigenvalue weighted by molar-refractivity contribution is 0.0508. The zero-order chi connectivity index (χ0) is 17.0. The van der Waals surface area contributed by atoms with Gasteiger partial charge in [-0.2, -0.15) is 0 Å². The van der Waals surface area contributed by atoms with Crippen molar-refractivity contribution in [3.8, 4) is 0 Å². The minimum absolute atomic E-state index is 0.0238. The molecule has 6 heteroatoms. The molecule has 2 heterocycles. The Morgan fingerprint density at radius 1 is 1.39 bits per heavy atom. The molecule has 0 aliphatic carbocycles. The van der Waals surface area contributed by atoms with E-state index in [9.17, 15) is 4.79 Å². The topological polar surface area (TPSA) is 67.7 Å². The molecule has 0 saturated heterocycles. The summed E-state index contributed by atoms with van der Waals surface area (Å²) in [6.07, 6.45) is 1.62. The zero-order valence-electron chi connectivity index (χ0n) is 14.5. The van der Waals surface area contributed by atoms with Crippen molar-refractivity contribution in [2.75, 3.05) is 6.54 Å². The molecule has 1 unspecified atom stereocenters. The van der Waals surface area contributed by atoms with E-state index in [0.717, 1.165) is 17.0 Å². The Hall–Kier alpha value is -2.08. The molecule has 6 nitrogen and oxygen atoms in total. The molecule has 0 radical (unpaired) electrons. The van der Waals surface area contributed by atoms with E-state index < -0.39 is 11.7 Å². The highest BCUT2D eigenvalue weighted by Crippen LogP contribution is 2.11. The molecule has 0 fully saturated rings. The Labute approximate surface area is 137 Å². The van der Waals surface area contributed by atoms with Gasteiger partial charge in [0.1, 0.15) is 11.2 Å². The van der Waals surface area contributed by atoms with Crippen LogP contribution in [0.2, 0.25) is 0 Å². The van der Waals surface area contributed by atoms with Crippen molar-refractivity contribution in [2.24, 2.45) is 0 Å². The molecule has 1 atom stereocenters. The molecule has 126 valence electrons. The second kappa shape index (κ2) is 7.00. The van der Waals surface area contributed by atoms with Gasteiger partial charge in [-0.15, -0.1) is 0 Å². The van der Waals surface area contributed by atoms with Gasteiger partial charge in [0.15, 0.2) is 0 Å². The minimum Gasteiger partial charge on any atom is -0.444 e. The highest BCUT2D eigenvalue weighted by atomic mass is 16.6. The zero-order valence-corrected chi connectivity index (χ0v) is 14.5. The number of nitrogens with one attached hydrogen (secondary N) is 2. The van der Waals surface area contributed by atoms with E-state index in [4.69, 9.17) is 4.74 Å². The molecule has 0 aromatic carbocycles. The summed E-state index contributed by atoms with van der Waals surface area (Å²) in [7, 11) is 0. The molecule has 0 aliphatic heterocycles. The second-order valence-corrected chi connectivity index (χ2v) is 6.75. The van der Waals surface area contributed by atoms with Gasteiger partial charge >= 0.3 is 6.09 Å². The van der Waals surface area contributed by atoms with Gasteiger partial charge in [0.25, 0.3) is 0 Å². The van der Waals surface area contributed by atoms with E-state index in [1.54, 1.807) is 0 Å². The van der Waals surface area contributed by atoms with Gasteiger partial charge in [-0.1, -0.05) is 6.07 Å². The first-order valence-corrected chi connectivity index (χ1v) is 7.89. The maximum atomic E-state index is 11.7. The molecule has 0 spiro atoms. The minimum atomic E-state index is -0.481. The maximum absolute atomic E-state index is 11.7. The Morgan fingerprint density at radius 2 is 2.13 bits per heavy atom. The number of fused-ring (bicyclic) bond motifs is 1. The van der Waals surface area contributed by atoms with Crippen molar-refractivity contribution in [1.82, 2.24) is 20.0 Å². The lowest BCUT2D eigenvalue weighted by atomic mass is 10.2. The first-order chi connectivity index (χ1) is 10.8. The normalized spacial score (nSPS) is 13.1. The first-order valence-electron chi connectivity index (χ1n) is 7.89. The number of aromatic nitrogens is 2. The van der Waals surface area contributed by atoms with Crippen LogP contribution < -0.4 is 10.6 Å². The van der Waals surface area contributed by atoms with Crippen LogP contribution in [0.25, 0.3) is 5.65 Å². The number of hydrogen-bond acceptors (Lipinski definition) is 4. The van der Waals surface area contributed by atoms with Gasteiger partial charge in [-0.25, -0.2) is 9.78 Å². The monoisotopic (exact) mass is 318 g/mol. The molecule has 2 aromatic heterocycles. The number of alkyl carbamates (subject to hydrolysis) is 1. The fourth-order valence-electron chi connectivity index (χ4n) is 2.34. The molecule has 0 bridgehead atoms. The molecule has 2 aromatic rings. The first kappa shape index (κ1) is 17.3. The summed E-state index contributed by atoms with van der Waals surface area (Å²) in [5.74, 6) is 0. The molecule has 2 N–H and O–H groups in total. The van der Waals surface area contributed by atoms with Gasteiger partial charge < -0.3 is 19.8 Å². The Morgan fingerprint density at radius 3 is 2.83 bits per heavy atom. The molecule has 0 aliphatic rings. The summed E-state index contributed by atoms with van der Waals surface area (Å²) in [6.45, 7) is 10.8. The highest BCUT2D eigenvalue weighted by molar-refractivity contribution is 5.68. The molecule has 23 heavy (non-hydrogen) atoms. The number of ether oxygens (including phenoxy) is 1. The SMILES string of the molecule is Cc1nc2ccccn2c1CNCC(C)NC(=O)OC(C)(C)C. The number of aryl methyl sites for hydroxylation is 1. The molecule has 0 saturated carbocycles. The maximum Gasteiger partial charge on any atom is 0.407 e. The summed E-state index contributed by atoms with van der Waals surface area (Å²) in [5, 5.41) is 6.18. The van der Waals surface area contributed by atoms with Crippen LogP contribution in [-0.2, 0) is 11.3 Å². The number of hydrogen-bond donors (Lipinski definition) is 2.